The fraction of sp³-hybridized carbons (Fsp3) is 0.750. The van der Waals surface area contributed by atoms with Crippen LogP contribution in [0.3, 0.4) is 0 Å². The van der Waals surface area contributed by atoms with E-state index in [1.165, 1.54) is 0 Å². The van der Waals surface area contributed by atoms with Crippen LogP contribution in [-0.2, 0) is 8.85 Å². The van der Waals surface area contributed by atoms with Crippen LogP contribution in [0.1, 0.15) is 27.2 Å². The summed E-state index contributed by atoms with van der Waals surface area (Å²) in [5.74, 6) is 0. The fourth-order valence-corrected chi connectivity index (χ4v) is 1.91. The summed E-state index contributed by atoms with van der Waals surface area (Å²) >= 11 is 0. The summed E-state index contributed by atoms with van der Waals surface area (Å²) in [5.41, 5.74) is 2.05. The molecule has 0 atom stereocenters. The Kier molecular flexibility index (Phi) is 7.89. The van der Waals surface area contributed by atoms with E-state index < -0.39 is 9.28 Å². The number of hydrogen-bond donors (Lipinski definition) is 0. The second-order valence-electron chi connectivity index (χ2n) is 2.00. The molecule has 0 aliphatic rings. The maximum Gasteiger partial charge on any atom is 0.415 e. The van der Waals surface area contributed by atoms with Crippen molar-refractivity contribution in [2.75, 3.05) is 13.2 Å². The first-order valence-electron chi connectivity index (χ1n) is 4.14. The molecule has 65 valence electrons. The molecule has 0 aliphatic carbocycles. The highest BCUT2D eigenvalue weighted by Crippen LogP contribution is 1.92. The zero-order valence-electron chi connectivity index (χ0n) is 7.59. The SMILES string of the molecule is CCC=C[Si](OCC)OCC. The summed E-state index contributed by atoms with van der Waals surface area (Å²) in [4.78, 5) is 0. The van der Waals surface area contributed by atoms with Crippen LogP contribution in [0.15, 0.2) is 11.8 Å². The third kappa shape index (κ3) is 6.28. The predicted molar refractivity (Wildman–Crippen MR) is 48.4 cm³/mol. The Labute approximate surface area is 71.1 Å². The molecule has 0 aromatic heterocycles. The van der Waals surface area contributed by atoms with Crippen LogP contribution in [0.25, 0.3) is 0 Å². The van der Waals surface area contributed by atoms with E-state index in [-0.39, 0.29) is 0 Å². The zero-order valence-corrected chi connectivity index (χ0v) is 8.59. The summed E-state index contributed by atoms with van der Waals surface area (Å²) in [6.07, 6.45) is 3.15. The van der Waals surface area contributed by atoms with Crippen LogP contribution in [0.4, 0.5) is 0 Å². The molecule has 0 N–H and O–H groups in total. The van der Waals surface area contributed by atoms with Crippen molar-refractivity contribution in [1.82, 2.24) is 0 Å². The van der Waals surface area contributed by atoms with Gasteiger partial charge in [0.25, 0.3) is 0 Å². The molecule has 0 heterocycles. The van der Waals surface area contributed by atoms with Gasteiger partial charge in [0.1, 0.15) is 0 Å². The molecule has 0 saturated heterocycles. The van der Waals surface area contributed by atoms with Crippen LogP contribution in [0, 0.1) is 0 Å². The second-order valence-corrected chi connectivity index (χ2v) is 3.54. The summed E-state index contributed by atoms with van der Waals surface area (Å²) in [7, 11) is -1.09. The van der Waals surface area contributed by atoms with Crippen molar-refractivity contribution >= 4 is 9.28 Å². The van der Waals surface area contributed by atoms with E-state index in [1.54, 1.807) is 0 Å². The van der Waals surface area contributed by atoms with E-state index in [0.29, 0.717) is 0 Å². The lowest BCUT2D eigenvalue weighted by molar-refractivity contribution is 0.224. The summed E-state index contributed by atoms with van der Waals surface area (Å²) in [6.45, 7) is 7.56. The molecule has 0 amide bonds. The van der Waals surface area contributed by atoms with E-state index in [9.17, 15) is 0 Å². The Balaban J connectivity index is 3.58. The van der Waals surface area contributed by atoms with Crippen molar-refractivity contribution < 1.29 is 8.85 Å². The molecular weight excluding hydrogens is 156 g/mol. The fourth-order valence-electron chi connectivity index (χ4n) is 0.636. The Morgan fingerprint density at radius 1 is 1.09 bits per heavy atom. The number of allylic oxidation sites excluding steroid dienone is 1. The number of hydrogen-bond acceptors (Lipinski definition) is 2. The van der Waals surface area contributed by atoms with Crippen molar-refractivity contribution in [2.24, 2.45) is 0 Å². The summed E-state index contributed by atoms with van der Waals surface area (Å²) in [5, 5.41) is 0. The Morgan fingerprint density at radius 2 is 1.64 bits per heavy atom. The molecule has 1 radical (unpaired) electrons. The molecule has 11 heavy (non-hydrogen) atoms. The molecule has 0 bridgehead atoms. The lowest BCUT2D eigenvalue weighted by atomic mass is 10.5. The molecule has 0 rings (SSSR count). The highest BCUT2D eigenvalue weighted by atomic mass is 28.3. The first kappa shape index (κ1) is 10.9. The van der Waals surface area contributed by atoms with Crippen LogP contribution in [0.5, 0.6) is 0 Å². The topological polar surface area (TPSA) is 18.5 Å². The first-order valence-corrected chi connectivity index (χ1v) is 5.53. The van der Waals surface area contributed by atoms with Crippen molar-refractivity contribution in [3.05, 3.63) is 11.8 Å². The summed E-state index contributed by atoms with van der Waals surface area (Å²) in [6, 6.07) is 0. The van der Waals surface area contributed by atoms with E-state index in [4.69, 9.17) is 8.85 Å². The molecule has 0 spiro atoms. The van der Waals surface area contributed by atoms with E-state index in [1.807, 2.05) is 13.8 Å². The highest BCUT2D eigenvalue weighted by molar-refractivity contribution is 6.50. The first-order chi connectivity index (χ1) is 5.35. The van der Waals surface area contributed by atoms with Crippen LogP contribution >= 0.6 is 0 Å². The van der Waals surface area contributed by atoms with Gasteiger partial charge in [-0.15, -0.1) is 0 Å². The minimum Gasteiger partial charge on any atom is -0.391 e. The molecule has 2 nitrogen and oxygen atoms in total. The number of rotatable bonds is 6. The van der Waals surface area contributed by atoms with Crippen LogP contribution in [-0.4, -0.2) is 22.5 Å². The molecule has 0 saturated carbocycles. The van der Waals surface area contributed by atoms with Gasteiger partial charge in [0.2, 0.25) is 0 Å². The highest BCUT2D eigenvalue weighted by Gasteiger charge is 2.08. The van der Waals surface area contributed by atoms with Gasteiger partial charge >= 0.3 is 9.28 Å². The average Bonchev–Trinajstić information content (AvgIpc) is 2.01. The predicted octanol–water partition coefficient (Wildman–Crippen LogP) is 2.05. The van der Waals surface area contributed by atoms with Gasteiger partial charge in [0, 0.05) is 13.2 Å². The van der Waals surface area contributed by atoms with Crippen molar-refractivity contribution in [3.8, 4) is 0 Å². The average molecular weight is 173 g/mol. The molecule has 0 fully saturated rings. The minimum atomic E-state index is -1.09. The molecular formula is C8H17O2Si. The van der Waals surface area contributed by atoms with Crippen LogP contribution in [0.2, 0.25) is 0 Å². The van der Waals surface area contributed by atoms with E-state index in [2.05, 4.69) is 18.7 Å². The largest absolute Gasteiger partial charge is 0.415 e. The van der Waals surface area contributed by atoms with Crippen molar-refractivity contribution in [3.63, 3.8) is 0 Å². The Morgan fingerprint density at radius 3 is 2.00 bits per heavy atom. The van der Waals surface area contributed by atoms with E-state index >= 15 is 0 Å². The van der Waals surface area contributed by atoms with Gasteiger partial charge in [-0.1, -0.05) is 13.0 Å². The lowest BCUT2D eigenvalue weighted by Crippen LogP contribution is -2.20. The smallest absolute Gasteiger partial charge is 0.391 e. The Hall–Kier alpha value is -0.123. The summed E-state index contributed by atoms with van der Waals surface area (Å²) < 4.78 is 10.8. The monoisotopic (exact) mass is 173 g/mol. The molecule has 0 unspecified atom stereocenters. The standard InChI is InChI=1S/C8H17O2Si/c1-4-7-8-11(9-5-2)10-6-3/h7-8H,4-6H2,1-3H3. The van der Waals surface area contributed by atoms with Gasteiger partial charge in [-0.25, -0.2) is 0 Å². The van der Waals surface area contributed by atoms with Gasteiger partial charge in [-0.05, 0) is 26.0 Å². The van der Waals surface area contributed by atoms with Crippen LogP contribution < -0.4 is 0 Å². The Bertz CT molecular complexity index is 98.3. The van der Waals surface area contributed by atoms with Gasteiger partial charge < -0.3 is 8.85 Å². The second kappa shape index (κ2) is 7.98. The zero-order chi connectivity index (χ0) is 8.53. The van der Waals surface area contributed by atoms with E-state index in [0.717, 1.165) is 19.6 Å². The maximum atomic E-state index is 5.38. The minimum absolute atomic E-state index is 0.738. The third-order valence-corrected chi connectivity index (χ3v) is 2.72. The van der Waals surface area contributed by atoms with Gasteiger partial charge in [0.05, 0.1) is 0 Å². The van der Waals surface area contributed by atoms with Crippen molar-refractivity contribution in [2.45, 2.75) is 27.2 Å². The third-order valence-electron chi connectivity index (χ3n) is 1.06. The molecule has 0 aromatic rings. The normalized spacial score (nSPS) is 11.6. The van der Waals surface area contributed by atoms with Gasteiger partial charge in [-0.2, -0.15) is 0 Å². The van der Waals surface area contributed by atoms with Gasteiger partial charge in [-0.3, -0.25) is 0 Å². The van der Waals surface area contributed by atoms with Crippen molar-refractivity contribution in [1.29, 1.82) is 0 Å². The molecule has 0 aliphatic heterocycles. The van der Waals surface area contributed by atoms with Gasteiger partial charge in [0.15, 0.2) is 0 Å². The lowest BCUT2D eigenvalue weighted by Gasteiger charge is -2.07. The molecule has 0 aromatic carbocycles. The quantitative estimate of drug-likeness (QED) is 0.572. The molecule has 3 heteroatoms. The maximum absolute atomic E-state index is 5.38.